The summed E-state index contributed by atoms with van der Waals surface area (Å²) < 4.78 is 37.0. The van der Waals surface area contributed by atoms with Crippen LogP contribution in [0.15, 0.2) is 42.5 Å². The number of rotatable bonds is 9. The van der Waals surface area contributed by atoms with E-state index in [0.29, 0.717) is 12.8 Å². The number of nitrogens with two attached hydrogens (primary N) is 1. The summed E-state index contributed by atoms with van der Waals surface area (Å²) in [6.07, 6.45) is 5.91. The van der Waals surface area contributed by atoms with E-state index in [9.17, 15) is 12.8 Å². The molecule has 0 saturated carbocycles. The lowest BCUT2D eigenvalue weighted by molar-refractivity contribution is 0.467. The minimum absolute atomic E-state index is 0. The molecule has 166 valence electrons. The highest BCUT2D eigenvalue weighted by atomic mass is 35.5. The molecule has 2 N–H and O–H groups in total. The molecule has 3 rings (SSSR count). The summed E-state index contributed by atoms with van der Waals surface area (Å²) in [5.74, 6) is 0.581. The van der Waals surface area contributed by atoms with E-state index in [0.717, 1.165) is 37.7 Å². The maximum Gasteiger partial charge on any atom is 0.150 e. The second-order valence-corrected chi connectivity index (χ2v) is 10.6. The maximum atomic E-state index is 13.2. The van der Waals surface area contributed by atoms with Gasteiger partial charge in [-0.2, -0.15) is 0 Å². The Morgan fingerprint density at radius 1 is 1.03 bits per heavy atom. The first kappa shape index (κ1) is 24.8. The lowest BCUT2D eigenvalue weighted by Gasteiger charge is -2.32. The van der Waals surface area contributed by atoms with Gasteiger partial charge in [0.05, 0.1) is 5.75 Å². The molecule has 0 heterocycles. The Bertz CT molecular complexity index is 915. The summed E-state index contributed by atoms with van der Waals surface area (Å²) in [6.45, 7) is 1.90. The van der Waals surface area contributed by atoms with Crippen molar-refractivity contribution in [3.63, 3.8) is 0 Å². The van der Waals surface area contributed by atoms with Gasteiger partial charge in [0, 0.05) is 17.7 Å². The van der Waals surface area contributed by atoms with E-state index in [1.165, 1.54) is 28.8 Å². The highest BCUT2D eigenvalue weighted by Crippen LogP contribution is 2.34. The Labute approximate surface area is 186 Å². The second-order valence-electron chi connectivity index (χ2n) is 8.28. The average molecular weight is 454 g/mol. The molecule has 2 aromatic carbocycles. The topological polar surface area (TPSA) is 60.2 Å². The van der Waals surface area contributed by atoms with Crippen LogP contribution >= 0.6 is 12.4 Å². The van der Waals surface area contributed by atoms with Gasteiger partial charge in [0.1, 0.15) is 15.7 Å². The number of benzene rings is 2. The Kier molecular flexibility index (Phi) is 9.32. The quantitative estimate of drug-likeness (QED) is 0.544. The van der Waals surface area contributed by atoms with Crippen molar-refractivity contribution in [2.45, 2.75) is 63.8 Å². The van der Waals surface area contributed by atoms with Crippen LogP contribution in [0.2, 0.25) is 0 Å². The molecule has 3 nitrogen and oxygen atoms in total. The summed E-state index contributed by atoms with van der Waals surface area (Å²) in [7, 11) is -2.90. The van der Waals surface area contributed by atoms with Crippen molar-refractivity contribution in [2.24, 2.45) is 5.73 Å². The van der Waals surface area contributed by atoms with Crippen LogP contribution in [0.5, 0.6) is 0 Å². The molecular weight excluding hydrogens is 421 g/mol. The van der Waals surface area contributed by atoms with E-state index in [2.05, 4.69) is 18.2 Å². The first-order valence-electron chi connectivity index (χ1n) is 10.7. The lowest BCUT2D eigenvalue weighted by Crippen LogP contribution is -2.34. The zero-order chi connectivity index (χ0) is 20.9. The molecule has 2 unspecified atom stereocenters. The molecule has 0 fully saturated rings. The zero-order valence-electron chi connectivity index (χ0n) is 17.6. The van der Waals surface area contributed by atoms with Gasteiger partial charge in [-0.25, -0.2) is 12.8 Å². The number of sulfone groups is 1. The van der Waals surface area contributed by atoms with E-state index in [1.807, 2.05) is 19.1 Å². The summed E-state index contributed by atoms with van der Waals surface area (Å²) in [6, 6.07) is 13.5. The monoisotopic (exact) mass is 453 g/mol. The minimum Gasteiger partial charge on any atom is -0.327 e. The van der Waals surface area contributed by atoms with Crippen molar-refractivity contribution >= 4 is 22.2 Å². The maximum absolute atomic E-state index is 13.2. The average Bonchev–Trinajstić information content (AvgIpc) is 2.69. The van der Waals surface area contributed by atoms with Crippen LogP contribution in [-0.2, 0) is 29.1 Å². The molecule has 1 aliphatic rings. The molecule has 0 amide bonds. The number of hydrogen-bond acceptors (Lipinski definition) is 3. The highest BCUT2D eigenvalue weighted by molar-refractivity contribution is 7.91. The fraction of sp³-hybridized carbons (Fsp3) is 0.500. The molecule has 30 heavy (non-hydrogen) atoms. The number of hydrogen-bond donors (Lipinski definition) is 1. The first-order chi connectivity index (χ1) is 13.9. The number of fused-ring (bicyclic) bond motifs is 1. The zero-order valence-corrected chi connectivity index (χ0v) is 19.3. The summed E-state index contributed by atoms with van der Waals surface area (Å²) >= 11 is 0. The SMILES string of the molecule is CCCS(=O)(=O)CCCCc1ccc2c(c1)C(Cc1ccc(F)cc1)C(N)CC2.Cl. The van der Waals surface area contributed by atoms with E-state index in [-0.39, 0.29) is 41.7 Å². The van der Waals surface area contributed by atoms with Crippen molar-refractivity contribution < 1.29 is 12.8 Å². The van der Waals surface area contributed by atoms with Gasteiger partial charge in [0.15, 0.2) is 0 Å². The van der Waals surface area contributed by atoms with Crippen molar-refractivity contribution in [1.29, 1.82) is 0 Å². The van der Waals surface area contributed by atoms with Crippen LogP contribution in [-0.4, -0.2) is 26.0 Å². The van der Waals surface area contributed by atoms with Gasteiger partial charge in [0.2, 0.25) is 0 Å². The van der Waals surface area contributed by atoms with E-state index >= 15 is 0 Å². The van der Waals surface area contributed by atoms with Crippen molar-refractivity contribution in [2.75, 3.05) is 11.5 Å². The highest BCUT2D eigenvalue weighted by Gasteiger charge is 2.27. The van der Waals surface area contributed by atoms with Crippen molar-refractivity contribution in [3.05, 3.63) is 70.5 Å². The van der Waals surface area contributed by atoms with Gasteiger partial charge in [-0.05, 0) is 79.3 Å². The second kappa shape index (κ2) is 11.3. The van der Waals surface area contributed by atoms with Gasteiger partial charge in [-0.1, -0.05) is 37.3 Å². The molecule has 0 radical (unpaired) electrons. The van der Waals surface area contributed by atoms with Crippen LogP contribution in [0, 0.1) is 5.82 Å². The molecule has 0 aliphatic heterocycles. The minimum atomic E-state index is -2.90. The van der Waals surface area contributed by atoms with Gasteiger partial charge in [-0.15, -0.1) is 12.4 Å². The number of halogens is 2. The van der Waals surface area contributed by atoms with E-state index in [4.69, 9.17) is 5.73 Å². The number of unbranched alkanes of at least 4 members (excludes halogenated alkanes) is 1. The normalized spacial score (nSPS) is 18.5. The Morgan fingerprint density at radius 3 is 2.43 bits per heavy atom. The lowest BCUT2D eigenvalue weighted by atomic mass is 9.76. The Hall–Kier alpha value is -1.43. The van der Waals surface area contributed by atoms with Crippen molar-refractivity contribution in [1.82, 2.24) is 0 Å². The smallest absolute Gasteiger partial charge is 0.150 e. The molecular formula is C24H33ClFNO2S. The third-order valence-electron chi connectivity index (χ3n) is 5.93. The number of aryl methyl sites for hydroxylation is 2. The summed E-state index contributed by atoms with van der Waals surface area (Å²) in [4.78, 5) is 0. The molecule has 6 heteroatoms. The standard InChI is InChI=1S/C24H32FNO2S.ClH/c1-2-14-29(27,28)15-4-3-5-18-6-9-20-10-13-24(26)23(22(20)16-18)17-19-7-11-21(25)12-8-19;/h6-9,11-12,16,23-24H,2-5,10,13-15,17,26H2,1H3;1H. The first-order valence-corrected chi connectivity index (χ1v) is 12.5. The van der Waals surface area contributed by atoms with E-state index in [1.54, 1.807) is 0 Å². The van der Waals surface area contributed by atoms with Crippen LogP contribution in [0.1, 0.15) is 60.8 Å². The summed E-state index contributed by atoms with van der Waals surface area (Å²) in [5.41, 5.74) is 11.5. The third kappa shape index (κ3) is 6.79. The Balaban J connectivity index is 0.00000320. The van der Waals surface area contributed by atoms with Gasteiger partial charge >= 0.3 is 0 Å². The molecule has 0 aromatic heterocycles. The fourth-order valence-electron chi connectivity index (χ4n) is 4.33. The third-order valence-corrected chi connectivity index (χ3v) is 7.87. The molecule has 0 spiro atoms. The van der Waals surface area contributed by atoms with Gasteiger partial charge in [0.25, 0.3) is 0 Å². The van der Waals surface area contributed by atoms with Crippen LogP contribution in [0.25, 0.3) is 0 Å². The summed E-state index contributed by atoms with van der Waals surface area (Å²) in [5, 5.41) is 0. The largest absolute Gasteiger partial charge is 0.327 e. The van der Waals surface area contributed by atoms with Gasteiger partial charge < -0.3 is 5.73 Å². The molecule has 1 aliphatic carbocycles. The molecule has 2 atom stereocenters. The molecule has 2 aromatic rings. The van der Waals surface area contributed by atoms with Crippen LogP contribution in [0.3, 0.4) is 0 Å². The molecule has 0 bridgehead atoms. The van der Waals surface area contributed by atoms with Crippen molar-refractivity contribution in [3.8, 4) is 0 Å². The van der Waals surface area contributed by atoms with Gasteiger partial charge in [-0.3, -0.25) is 0 Å². The molecule has 0 saturated heterocycles. The fourth-order valence-corrected chi connectivity index (χ4v) is 5.80. The predicted octanol–water partition coefficient (Wildman–Crippen LogP) is 4.99. The van der Waals surface area contributed by atoms with E-state index < -0.39 is 9.84 Å². The van der Waals surface area contributed by atoms with Crippen LogP contribution in [0.4, 0.5) is 4.39 Å². The Morgan fingerprint density at radius 2 is 1.73 bits per heavy atom. The van der Waals surface area contributed by atoms with Crippen LogP contribution < -0.4 is 5.73 Å². The predicted molar refractivity (Wildman–Crippen MR) is 125 cm³/mol.